The quantitative estimate of drug-likeness (QED) is 0.416. The third kappa shape index (κ3) is 6.78. The minimum Gasteiger partial charge on any atom is -0.483 e. The van der Waals surface area contributed by atoms with Gasteiger partial charge in [-0.25, -0.2) is 0 Å². The molecule has 0 spiro atoms. The van der Waals surface area contributed by atoms with E-state index in [1.54, 1.807) is 6.92 Å². The summed E-state index contributed by atoms with van der Waals surface area (Å²) in [6, 6.07) is 3.94. The predicted molar refractivity (Wildman–Crippen MR) is 98.7 cm³/mol. The van der Waals surface area contributed by atoms with Crippen LogP contribution in [0, 0.1) is 0 Å². The second kappa shape index (κ2) is 9.52. The van der Waals surface area contributed by atoms with Crippen molar-refractivity contribution in [2.45, 2.75) is 44.2 Å². The molecule has 0 saturated carbocycles. The van der Waals surface area contributed by atoms with Crippen molar-refractivity contribution in [2.75, 3.05) is 6.61 Å². The number of alkyl halides is 9. The van der Waals surface area contributed by atoms with Crippen molar-refractivity contribution in [3.8, 4) is 16.9 Å². The van der Waals surface area contributed by atoms with Crippen LogP contribution >= 0.6 is 0 Å². The molecule has 1 N–H and O–H groups in total. The Bertz CT molecular complexity index is 975. The third-order valence-electron chi connectivity index (χ3n) is 4.60. The number of carboxylic acids is 1. The molecular weight excluding hydrogens is 471 g/mol. The highest BCUT2D eigenvalue weighted by Crippen LogP contribution is 2.45. The first-order valence-electron chi connectivity index (χ1n) is 9.39. The lowest BCUT2D eigenvalue weighted by atomic mass is 9.89. The van der Waals surface area contributed by atoms with Crippen LogP contribution in [0.5, 0.6) is 5.75 Å². The van der Waals surface area contributed by atoms with Gasteiger partial charge in [0.25, 0.3) is 0 Å². The molecule has 0 fully saturated rings. The number of benzene rings is 2. The van der Waals surface area contributed by atoms with Crippen LogP contribution < -0.4 is 4.74 Å². The van der Waals surface area contributed by atoms with Gasteiger partial charge in [-0.05, 0) is 41.8 Å². The molecule has 12 heteroatoms. The summed E-state index contributed by atoms with van der Waals surface area (Å²) in [4.78, 5) is 11.6. The lowest BCUT2D eigenvalue weighted by molar-refractivity contribution is -0.158. The highest BCUT2D eigenvalue weighted by Gasteiger charge is 2.39. The van der Waals surface area contributed by atoms with Crippen molar-refractivity contribution in [2.24, 2.45) is 0 Å². The highest BCUT2D eigenvalue weighted by atomic mass is 19.4. The van der Waals surface area contributed by atoms with Crippen LogP contribution in [-0.2, 0) is 17.1 Å². The first kappa shape index (κ1) is 26.3. The lowest BCUT2D eigenvalue weighted by Gasteiger charge is -2.22. The van der Waals surface area contributed by atoms with Gasteiger partial charge in [-0.1, -0.05) is 25.5 Å². The molecule has 1 unspecified atom stereocenters. The molecule has 33 heavy (non-hydrogen) atoms. The Morgan fingerprint density at radius 1 is 0.939 bits per heavy atom. The molecule has 182 valence electrons. The molecule has 0 aromatic heterocycles. The molecule has 2 rings (SSSR count). The van der Waals surface area contributed by atoms with Crippen molar-refractivity contribution < 1.29 is 54.2 Å². The molecular formula is C21H17F9O3. The molecule has 1 atom stereocenters. The number of hydrogen-bond acceptors (Lipinski definition) is 2. The average molecular weight is 488 g/mol. The molecule has 0 saturated heterocycles. The molecule has 0 aliphatic carbocycles. The Morgan fingerprint density at radius 2 is 1.52 bits per heavy atom. The van der Waals surface area contributed by atoms with Crippen LogP contribution in [0.25, 0.3) is 11.1 Å². The predicted octanol–water partition coefficient (Wildman–Crippen LogP) is 7.30. The normalized spacial score (nSPS) is 13.6. The molecule has 0 bridgehead atoms. The Labute approximate surface area is 181 Å². The molecule has 2 aromatic rings. The number of ether oxygens (including phenoxy) is 1. The highest BCUT2D eigenvalue weighted by molar-refractivity contribution is 5.80. The zero-order chi connectivity index (χ0) is 25.2. The zero-order valence-corrected chi connectivity index (χ0v) is 16.8. The largest absolute Gasteiger partial charge is 0.483 e. The summed E-state index contributed by atoms with van der Waals surface area (Å²) in [5.74, 6) is -4.16. The van der Waals surface area contributed by atoms with Gasteiger partial charge in [0, 0.05) is 5.56 Å². The maximum absolute atomic E-state index is 13.8. The van der Waals surface area contributed by atoms with E-state index in [0.29, 0.717) is 18.2 Å². The number of carbonyl (C=O) groups is 1. The van der Waals surface area contributed by atoms with E-state index in [1.807, 2.05) is 0 Å². The van der Waals surface area contributed by atoms with Crippen LogP contribution in [-0.4, -0.2) is 23.9 Å². The van der Waals surface area contributed by atoms with E-state index in [2.05, 4.69) is 4.74 Å². The van der Waals surface area contributed by atoms with Crippen LogP contribution in [0.4, 0.5) is 39.5 Å². The Morgan fingerprint density at radius 3 is 1.94 bits per heavy atom. The smallest absolute Gasteiger partial charge is 0.422 e. The minimum atomic E-state index is -5.24. The Balaban J connectivity index is 2.81. The fourth-order valence-electron chi connectivity index (χ4n) is 3.15. The summed E-state index contributed by atoms with van der Waals surface area (Å²) in [7, 11) is 0. The van der Waals surface area contributed by atoms with Crippen molar-refractivity contribution in [1.82, 2.24) is 0 Å². The van der Waals surface area contributed by atoms with Crippen molar-refractivity contribution in [3.63, 3.8) is 0 Å². The van der Waals surface area contributed by atoms with Gasteiger partial charge in [-0.2, -0.15) is 39.5 Å². The second-order valence-corrected chi connectivity index (χ2v) is 7.10. The molecule has 0 radical (unpaired) electrons. The first-order chi connectivity index (χ1) is 15.0. The van der Waals surface area contributed by atoms with Crippen LogP contribution in [0.15, 0.2) is 36.4 Å². The van der Waals surface area contributed by atoms with E-state index in [-0.39, 0.29) is 24.0 Å². The molecule has 0 heterocycles. The molecule has 2 aromatic carbocycles. The zero-order valence-electron chi connectivity index (χ0n) is 16.8. The summed E-state index contributed by atoms with van der Waals surface area (Å²) < 4.78 is 122. The van der Waals surface area contributed by atoms with Crippen LogP contribution in [0.3, 0.4) is 0 Å². The van der Waals surface area contributed by atoms with Gasteiger partial charge < -0.3 is 9.84 Å². The Kier molecular flexibility index (Phi) is 7.60. The van der Waals surface area contributed by atoms with E-state index in [1.165, 1.54) is 0 Å². The molecule has 3 nitrogen and oxygen atoms in total. The Hall–Kier alpha value is -2.92. The lowest BCUT2D eigenvalue weighted by Crippen LogP contribution is -2.22. The first-order valence-corrected chi connectivity index (χ1v) is 9.39. The number of hydrogen-bond donors (Lipinski definition) is 1. The number of aliphatic carboxylic acids is 1. The SMILES string of the molecule is CCCC(C(=O)O)c1cc(-c2ccc(C(F)(F)F)cc2)c(OCC(F)(F)F)c(C(F)(F)F)c1. The number of halogens is 9. The standard InChI is InChI=1S/C21H17F9O3/c1-2-3-14(18(31)32)12-8-15(11-4-6-13(7-5-11)20(25,26)27)17(33-10-19(22,23)24)16(9-12)21(28,29)30/h4-9,14H,2-3,10H2,1H3,(H,31,32). The van der Waals surface area contributed by atoms with Crippen molar-refractivity contribution >= 4 is 5.97 Å². The second-order valence-electron chi connectivity index (χ2n) is 7.10. The van der Waals surface area contributed by atoms with E-state index in [9.17, 15) is 49.4 Å². The summed E-state index contributed by atoms with van der Waals surface area (Å²) in [5.41, 5.74) is -4.09. The fraction of sp³-hybridized carbons (Fsp3) is 0.381. The van der Waals surface area contributed by atoms with Gasteiger partial charge in [-0.15, -0.1) is 0 Å². The summed E-state index contributed by atoms with van der Waals surface area (Å²) in [5, 5.41) is 9.43. The third-order valence-corrected chi connectivity index (χ3v) is 4.60. The monoisotopic (exact) mass is 488 g/mol. The van der Waals surface area contributed by atoms with Crippen molar-refractivity contribution in [3.05, 3.63) is 53.1 Å². The summed E-state index contributed by atoms with van der Waals surface area (Å²) >= 11 is 0. The maximum atomic E-state index is 13.8. The summed E-state index contributed by atoms with van der Waals surface area (Å²) in [6.07, 6.45) is -14.8. The van der Waals surface area contributed by atoms with E-state index < -0.39 is 59.5 Å². The van der Waals surface area contributed by atoms with Crippen LogP contribution in [0.2, 0.25) is 0 Å². The molecule has 0 aliphatic rings. The minimum absolute atomic E-state index is 0.0815. The van der Waals surface area contributed by atoms with Crippen LogP contribution in [0.1, 0.15) is 42.4 Å². The van der Waals surface area contributed by atoms with Gasteiger partial charge in [-0.3, -0.25) is 4.79 Å². The van der Waals surface area contributed by atoms with E-state index in [0.717, 1.165) is 18.2 Å². The van der Waals surface area contributed by atoms with Gasteiger partial charge in [0.2, 0.25) is 0 Å². The fourth-order valence-corrected chi connectivity index (χ4v) is 3.15. The average Bonchev–Trinajstić information content (AvgIpc) is 2.68. The topological polar surface area (TPSA) is 46.5 Å². The molecule has 0 aliphatic heterocycles. The molecule has 0 amide bonds. The van der Waals surface area contributed by atoms with Gasteiger partial charge in [0.1, 0.15) is 5.75 Å². The van der Waals surface area contributed by atoms with Gasteiger partial charge >= 0.3 is 24.5 Å². The summed E-state index contributed by atoms with van der Waals surface area (Å²) in [6.45, 7) is -0.515. The van der Waals surface area contributed by atoms with Gasteiger partial charge in [0.05, 0.1) is 17.0 Å². The maximum Gasteiger partial charge on any atom is 0.422 e. The number of rotatable bonds is 7. The van der Waals surface area contributed by atoms with Crippen molar-refractivity contribution in [1.29, 1.82) is 0 Å². The van der Waals surface area contributed by atoms with E-state index in [4.69, 9.17) is 0 Å². The van der Waals surface area contributed by atoms with E-state index >= 15 is 0 Å². The number of carboxylic acid groups (broad SMARTS) is 1. The van der Waals surface area contributed by atoms with Gasteiger partial charge in [0.15, 0.2) is 6.61 Å².